The highest BCUT2D eigenvalue weighted by Gasteiger charge is 2.13. The Balaban J connectivity index is 2.41. The van der Waals surface area contributed by atoms with E-state index in [-0.39, 0.29) is 12.8 Å². The fourth-order valence-corrected chi connectivity index (χ4v) is 1.81. The van der Waals surface area contributed by atoms with Crippen molar-refractivity contribution in [2.24, 2.45) is 0 Å². The zero-order chi connectivity index (χ0) is 16.4. The molecule has 0 N–H and O–H groups in total. The van der Waals surface area contributed by atoms with E-state index in [0.29, 0.717) is 12.2 Å². The van der Waals surface area contributed by atoms with Gasteiger partial charge in [0.1, 0.15) is 5.75 Å². The Morgan fingerprint density at radius 1 is 1.18 bits per heavy atom. The molecule has 0 amide bonds. The molecule has 0 radical (unpaired) electrons. The molecule has 0 aromatic heterocycles. The van der Waals surface area contributed by atoms with Gasteiger partial charge in [-0.05, 0) is 37.5 Å². The van der Waals surface area contributed by atoms with E-state index in [1.54, 1.807) is 13.0 Å². The number of carbonyl (C=O) groups is 2. The summed E-state index contributed by atoms with van der Waals surface area (Å²) in [6.45, 7) is 5.61. The molecule has 1 atom stereocenters. The molecule has 1 rings (SSSR count). The third-order valence-corrected chi connectivity index (χ3v) is 3.02. The Morgan fingerprint density at radius 3 is 2.55 bits per heavy atom. The summed E-state index contributed by atoms with van der Waals surface area (Å²) in [6.07, 6.45) is 1.07. The maximum absolute atomic E-state index is 11.7. The average Bonchev–Trinajstić information content (AvgIpc) is 2.52. The van der Waals surface area contributed by atoms with E-state index in [1.807, 2.05) is 32.0 Å². The summed E-state index contributed by atoms with van der Waals surface area (Å²) in [5.74, 6) is 5.13. The van der Waals surface area contributed by atoms with E-state index < -0.39 is 18.0 Å². The highest BCUT2D eigenvalue weighted by molar-refractivity contribution is 5.79. The smallest absolute Gasteiger partial charge is 0.311 e. The molecule has 0 aliphatic rings. The monoisotopic (exact) mass is 302 g/mol. The van der Waals surface area contributed by atoms with Gasteiger partial charge in [-0.25, -0.2) is 0 Å². The van der Waals surface area contributed by atoms with E-state index in [1.165, 1.54) is 0 Å². The first-order chi connectivity index (χ1) is 10.6. The first-order valence-corrected chi connectivity index (χ1v) is 7.50. The van der Waals surface area contributed by atoms with Gasteiger partial charge in [-0.15, -0.1) is 5.92 Å². The lowest BCUT2D eigenvalue weighted by atomic mass is 10.2. The van der Waals surface area contributed by atoms with Gasteiger partial charge in [0.25, 0.3) is 0 Å². The molecule has 0 aliphatic heterocycles. The van der Waals surface area contributed by atoms with Crippen LogP contribution in [0.25, 0.3) is 0 Å². The first kappa shape index (κ1) is 17.8. The van der Waals surface area contributed by atoms with Crippen molar-refractivity contribution in [3.63, 3.8) is 0 Å². The molecular weight excluding hydrogens is 280 g/mol. The Morgan fingerprint density at radius 2 is 1.91 bits per heavy atom. The van der Waals surface area contributed by atoms with Gasteiger partial charge >= 0.3 is 11.9 Å². The molecule has 0 aliphatic carbocycles. The summed E-state index contributed by atoms with van der Waals surface area (Å²) < 4.78 is 10.4. The highest BCUT2D eigenvalue weighted by Crippen LogP contribution is 2.14. The zero-order valence-corrected chi connectivity index (χ0v) is 13.3. The van der Waals surface area contributed by atoms with Crippen LogP contribution < -0.4 is 4.74 Å². The van der Waals surface area contributed by atoms with E-state index in [4.69, 9.17) is 9.47 Å². The van der Waals surface area contributed by atoms with Gasteiger partial charge in [-0.1, -0.05) is 31.9 Å². The molecule has 4 nitrogen and oxygen atoms in total. The van der Waals surface area contributed by atoms with Crippen molar-refractivity contribution >= 4 is 11.9 Å². The number of aryl methyl sites for hydroxylation is 1. The fourth-order valence-electron chi connectivity index (χ4n) is 1.81. The van der Waals surface area contributed by atoms with Crippen LogP contribution in [0.2, 0.25) is 0 Å². The minimum Gasteiger partial charge on any atom is -0.449 e. The van der Waals surface area contributed by atoms with E-state index in [2.05, 4.69) is 11.8 Å². The van der Waals surface area contributed by atoms with Crippen molar-refractivity contribution in [2.45, 2.75) is 52.6 Å². The quantitative estimate of drug-likeness (QED) is 0.440. The van der Waals surface area contributed by atoms with Crippen LogP contribution in [0.1, 0.15) is 45.6 Å². The number of benzene rings is 1. The molecule has 0 fully saturated rings. The second-order valence-corrected chi connectivity index (χ2v) is 4.76. The summed E-state index contributed by atoms with van der Waals surface area (Å²) in [5, 5.41) is 0. The van der Waals surface area contributed by atoms with Crippen LogP contribution >= 0.6 is 0 Å². The largest absolute Gasteiger partial charge is 0.449 e. The van der Waals surface area contributed by atoms with Gasteiger partial charge in [0.05, 0.1) is 12.8 Å². The molecule has 0 spiro atoms. The number of hydrogen-bond acceptors (Lipinski definition) is 4. The van der Waals surface area contributed by atoms with Crippen molar-refractivity contribution in [1.82, 2.24) is 0 Å². The van der Waals surface area contributed by atoms with Crippen LogP contribution in [0.5, 0.6) is 5.75 Å². The van der Waals surface area contributed by atoms with Crippen molar-refractivity contribution in [3.8, 4) is 17.6 Å². The van der Waals surface area contributed by atoms with Crippen molar-refractivity contribution in [1.29, 1.82) is 0 Å². The fraction of sp³-hybridized carbons (Fsp3) is 0.444. The third kappa shape index (κ3) is 6.45. The predicted molar refractivity (Wildman–Crippen MR) is 84.3 cm³/mol. The molecule has 0 saturated carbocycles. The lowest BCUT2D eigenvalue weighted by molar-refractivity contribution is -0.149. The van der Waals surface area contributed by atoms with Crippen LogP contribution in [0, 0.1) is 11.8 Å². The van der Waals surface area contributed by atoms with Gasteiger partial charge < -0.3 is 9.47 Å². The Labute approximate surface area is 131 Å². The third-order valence-electron chi connectivity index (χ3n) is 3.02. The highest BCUT2D eigenvalue weighted by atomic mass is 16.5. The molecule has 0 saturated heterocycles. The lowest BCUT2D eigenvalue weighted by Gasteiger charge is -2.10. The zero-order valence-electron chi connectivity index (χ0n) is 13.3. The first-order valence-electron chi connectivity index (χ1n) is 7.50. The van der Waals surface area contributed by atoms with E-state index in [9.17, 15) is 9.59 Å². The maximum Gasteiger partial charge on any atom is 0.311 e. The molecule has 1 aromatic carbocycles. The van der Waals surface area contributed by atoms with Gasteiger partial charge in [0.15, 0.2) is 6.10 Å². The normalized spacial score (nSPS) is 11.0. The molecule has 1 unspecified atom stereocenters. The van der Waals surface area contributed by atoms with Gasteiger partial charge in [-0.3, -0.25) is 9.59 Å². The standard InChI is InChI=1S/C18H22O4/c1-4-8-15(6-3)21-17(19)11-12-18(20)22-16-10-7-9-14(5-2)13-16/h7,9-10,13,15H,5-6,11-12H2,1-3H3. The van der Waals surface area contributed by atoms with Crippen molar-refractivity contribution in [3.05, 3.63) is 29.8 Å². The number of ether oxygens (including phenoxy) is 2. The summed E-state index contributed by atoms with van der Waals surface area (Å²) in [5.41, 5.74) is 1.09. The topological polar surface area (TPSA) is 52.6 Å². The van der Waals surface area contributed by atoms with Crippen molar-refractivity contribution in [2.75, 3.05) is 0 Å². The molecule has 118 valence electrons. The number of hydrogen-bond donors (Lipinski definition) is 0. The lowest BCUT2D eigenvalue weighted by Crippen LogP contribution is -2.17. The second-order valence-electron chi connectivity index (χ2n) is 4.76. The van der Waals surface area contributed by atoms with Crippen molar-refractivity contribution < 1.29 is 19.1 Å². The van der Waals surface area contributed by atoms with Gasteiger partial charge in [0.2, 0.25) is 0 Å². The van der Waals surface area contributed by atoms with Crippen LogP contribution in [0.3, 0.4) is 0 Å². The number of esters is 2. The number of rotatable bonds is 7. The molecular formula is C18H22O4. The minimum absolute atomic E-state index is 0.00576. The van der Waals surface area contributed by atoms with Crippen LogP contribution in [-0.4, -0.2) is 18.0 Å². The van der Waals surface area contributed by atoms with E-state index >= 15 is 0 Å². The van der Waals surface area contributed by atoms with Crippen LogP contribution in [0.15, 0.2) is 24.3 Å². The average molecular weight is 302 g/mol. The summed E-state index contributed by atoms with van der Waals surface area (Å²) in [7, 11) is 0. The molecule has 22 heavy (non-hydrogen) atoms. The minimum atomic E-state index is -0.445. The van der Waals surface area contributed by atoms with Gasteiger partial charge in [0, 0.05) is 0 Å². The molecule has 0 bridgehead atoms. The Bertz CT molecular complexity index is 566. The predicted octanol–water partition coefficient (Wildman–Crippen LogP) is 3.28. The van der Waals surface area contributed by atoms with Gasteiger partial charge in [-0.2, -0.15) is 0 Å². The Hall–Kier alpha value is -2.28. The Kier molecular flexibility index (Phi) is 7.77. The number of carbonyl (C=O) groups excluding carboxylic acids is 2. The summed E-state index contributed by atoms with van der Waals surface area (Å²) in [6, 6.07) is 7.35. The second kappa shape index (κ2) is 9.62. The summed E-state index contributed by atoms with van der Waals surface area (Å²) >= 11 is 0. The van der Waals surface area contributed by atoms with Crippen LogP contribution in [0.4, 0.5) is 0 Å². The van der Waals surface area contributed by atoms with E-state index in [0.717, 1.165) is 12.0 Å². The molecule has 4 heteroatoms. The molecule has 0 heterocycles. The molecule has 1 aromatic rings. The SMILES string of the molecule is CC#CC(CC)OC(=O)CCC(=O)Oc1cccc(CC)c1. The van der Waals surface area contributed by atoms with Crippen LogP contribution in [-0.2, 0) is 20.7 Å². The summed E-state index contributed by atoms with van der Waals surface area (Å²) in [4.78, 5) is 23.4. The maximum atomic E-state index is 11.7.